The number of halogens is 2. The summed E-state index contributed by atoms with van der Waals surface area (Å²) in [6.07, 6.45) is 8.96. The van der Waals surface area contributed by atoms with Gasteiger partial charge in [-0.05, 0) is 61.3 Å². The molecule has 0 bridgehead atoms. The van der Waals surface area contributed by atoms with Crippen LogP contribution in [0.3, 0.4) is 0 Å². The minimum absolute atomic E-state index is 0.271. The molecule has 2 N–H and O–H groups in total. The molecule has 3 aromatic rings. The number of aromatic nitrogens is 2. The molecular weight excluding hydrogens is 474 g/mol. The maximum atomic E-state index is 14.3. The van der Waals surface area contributed by atoms with Gasteiger partial charge in [0.15, 0.2) is 11.6 Å². The summed E-state index contributed by atoms with van der Waals surface area (Å²) < 4.78 is 28.4. The van der Waals surface area contributed by atoms with E-state index in [1.54, 1.807) is 6.20 Å². The quantitative estimate of drug-likeness (QED) is 0.466. The van der Waals surface area contributed by atoms with Crippen molar-refractivity contribution >= 4 is 28.3 Å². The predicted molar refractivity (Wildman–Crippen MR) is 140 cm³/mol. The van der Waals surface area contributed by atoms with E-state index in [1.165, 1.54) is 17.7 Å². The predicted octanol–water partition coefficient (Wildman–Crippen LogP) is 5.83. The van der Waals surface area contributed by atoms with E-state index in [4.69, 9.17) is 0 Å². The second-order valence-electron chi connectivity index (χ2n) is 10.9. The summed E-state index contributed by atoms with van der Waals surface area (Å²) in [5.74, 6) is -2.37. The van der Waals surface area contributed by atoms with E-state index in [9.17, 15) is 18.7 Å². The Morgan fingerprint density at radius 1 is 1.16 bits per heavy atom. The Morgan fingerprint density at radius 3 is 2.62 bits per heavy atom. The molecule has 3 aliphatic rings. The zero-order valence-corrected chi connectivity index (χ0v) is 21.2. The molecule has 2 aromatic heterocycles. The van der Waals surface area contributed by atoms with Crippen molar-refractivity contribution in [2.24, 2.45) is 11.8 Å². The van der Waals surface area contributed by atoms with E-state index < -0.39 is 17.6 Å². The Hall–Kier alpha value is -3.26. The lowest BCUT2D eigenvalue weighted by Crippen LogP contribution is -2.41. The van der Waals surface area contributed by atoms with Gasteiger partial charge in [0.1, 0.15) is 5.65 Å². The minimum Gasteiger partial charge on any atom is -0.481 e. The number of carboxylic acid groups (broad SMARTS) is 1. The topological polar surface area (TPSA) is 72.5 Å². The molecule has 1 aromatic carbocycles. The summed E-state index contributed by atoms with van der Waals surface area (Å²) in [5.41, 5.74) is 6.41. The lowest BCUT2D eigenvalue weighted by molar-refractivity contribution is -0.143. The molecule has 1 aliphatic carbocycles. The van der Waals surface area contributed by atoms with Crippen LogP contribution in [-0.2, 0) is 11.3 Å². The second kappa shape index (κ2) is 9.24. The van der Waals surface area contributed by atoms with Gasteiger partial charge in [-0.25, -0.2) is 13.8 Å². The molecule has 8 heteroatoms. The number of carboxylic acids is 1. The molecule has 6 rings (SSSR count). The number of anilines is 1. The Balaban J connectivity index is 1.27. The molecule has 194 valence electrons. The van der Waals surface area contributed by atoms with Crippen LogP contribution in [0, 0.1) is 23.5 Å². The van der Waals surface area contributed by atoms with Crippen molar-refractivity contribution in [3.63, 3.8) is 0 Å². The van der Waals surface area contributed by atoms with Gasteiger partial charge in [-0.3, -0.25) is 9.69 Å². The molecule has 1 atom stereocenters. The fourth-order valence-electron chi connectivity index (χ4n) is 6.64. The summed E-state index contributed by atoms with van der Waals surface area (Å²) in [6, 6.07) is 4.97. The molecular formula is C29H32F2N4O2. The molecule has 1 unspecified atom stereocenters. The fourth-order valence-corrected chi connectivity index (χ4v) is 6.64. The lowest BCUT2D eigenvalue weighted by Gasteiger charge is -2.39. The number of aromatic amines is 1. The zero-order chi connectivity index (χ0) is 25.8. The fraction of sp³-hybridized carbons (Fsp3) is 0.448. The zero-order valence-electron chi connectivity index (χ0n) is 21.2. The highest BCUT2D eigenvalue weighted by atomic mass is 19.2. The van der Waals surface area contributed by atoms with Gasteiger partial charge in [-0.1, -0.05) is 13.0 Å². The summed E-state index contributed by atoms with van der Waals surface area (Å²) in [7, 11) is 1.91. The molecule has 6 nitrogen and oxygen atoms in total. The number of aliphatic carboxylic acids is 1. The Bertz CT molecular complexity index is 1410. The standard InChI is InChI=1S/C29H32F2N4O2/c1-16(29(36)37)17-3-5-19(6-4-17)35-11-8-18(9-12-35)27-22-15-34(2)25-14-24(31)23(30)13-21(25)20-7-10-32-28(33-27)26(20)22/h7-8,10,13-14,16-17,19H,3-6,9,11-12,15H2,1-2H3,(H,32,33)(H,36,37)/t16?,17-,19+. The molecule has 0 radical (unpaired) electrons. The van der Waals surface area contributed by atoms with Crippen LogP contribution in [0.25, 0.3) is 27.7 Å². The second-order valence-corrected chi connectivity index (χ2v) is 10.9. The van der Waals surface area contributed by atoms with Gasteiger partial charge in [0.05, 0.1) is 5.92 Å². The van der Waals surface area contributed by atoms with Crippen LogP contribution in [0.2, 0.25) is 0 Å². The van der Waals surface area contributed by atoms with Gasteiger partial charge in [0, 0.05) is 72.9 Å². The van der Waals surface area contributed by atoms with E-state index in [2.05, 4.69) is 20.9 Å². The Labute approximate surface area is 215 Å². The van der Waals surface area contributed by atoms with Gasteiger partial charge in [0.25, 0.3) is 0 Å². The van der Waals surface area contributed by atoms with Crippen LogP contribution in [0.15, 0.2) is 30.5 Å². The smallest absolute Gasteiger partial charge is 0.306 e. The third-order valence-electron chi connectivity index (χ3n) is 8.85. The monoisotopic (exact) mass is 506 g/mol. The van der Waals surface area contributed by atoms with Crippen molar-refractivity contribution in [1.82, 2.24) is 14.9 Å². The molecule has 0 spiro atoms. The SMILES string of the molecule is CC(C(=O)O)[C@H]1CC[C@@H](N2CC=C(c3[nH]c4nccc5c4c3CN(C)c3cc(F)c(F)cc3-5)CC2)CC1. The van der Waals surface area contributed by atoms with Crippen molar-refractivity contribution in [2.75, 3.05) is 25.0 Å². The van der Waals surface area contributed by atoms with Crippen molar-refractivity contribution in [3.8, 4) is 11.1 Å². The molecule has 37 heavy (non-hydrogen) atoms. The molecule has 2 aliphatic heterocycles. The number of pyridine rings is 1. The number of hydrogen-bond donors (Lipinski definition) is 2. The third-order valence-corrected chi connectivity index (χ3v) is 8.85. The minimum atomic E-state index is -0.849. The highest BCUT2D eigenvalue weighted by Crippen LogP contribution is 2.44. The normalized spacial score (nSPS) is 22.9. The summed E-state index contributed by atoms with van der Waals surface area (Å²) in [4.78, 5) is 24.0. The first-order chi connectivity index (χ1) is 17.8. The average Bonchev–Trinajstić information content (AvgIpc) is 3.22. The van der Waals surface area contributed by atoms with E-state index >= 15 is 0 Å². The van der Waals surface area contributed by atoms with Crippen molar-refractivity contribution in [2.45, 2.75) is 51.6 Å². The van der Waals surface area contributed by atoms with Crippen molar-refractivity contribution in [1.29, 1.82) is 0 Å². The molecule has 1 saturated carbocycles. The number of rotatable bonds is 4. The van der Waals surface area contributed by atoms with Crippen LogP contribution in [0.4, 0.5) is 14.5 Å². The molecule has 4 heterocycles. The third kappa shape index (κ3) is 4.11. The number of H-pyrrole nitrogens is 1. The first-order valence-electron chi connectivity index (χ1n) is 13.2. The number of benzene rings is 1. The van der Waals surface area contributed by atoms with E-state index in [0.29, 0.717) is 23.8 Å². The van der Waals surface area contributed by atoms with Crippen LogP contribution in [0.1, 0.15) is 50.3 Å². The average molecular weight is 507 g/mol. The lowest BCUT2D eigenvalue weighted by atomic mass is 9.78. The summed E-state index contributed by atoms with van der Waals surface area (Å²) >= 11 is 0. The highest BCUT2D eigenvalue weighted by Gasteiger charge is 2.33. The van der Waals surface area contributed by atoms with Gasteiger partial charge in [-0.2, -0.15) is 0 Å². The van der Waals surface area contributed by atoms with E-state index in [1.807, 2.05) is 24.9 Å². The largest absolute Gasteiger partial charge is 0.481 e. The number of hydrogen-bond acceptors (Lipinski definition) is 4. The van der Waals surface area contributed by atoms with E-state index in [0.717, 1.165) is 73.0 Å². The summed E-state index contributed by atoms with van der Waals surface area (Å²) in [6.45, 7) is 4.22. The van der Waals surface area contributed by atoms with Crippen LogP contribution >= 0.6 is 0 Å². The number of nitrogens with zero attached hydrogens (tertiary/aromatic N) is 3. The maximum absolute atomic E-state index is 14.3. The Kier molecular flexibility index (Phi) is 6.02. The van der Waals surface area contributed by atoms with Gasteiger partial charge in [-0.15, -0.1) is 0 Å². The number of fused-ring (bicyclic) bond motifs is 2. The maximum Gasteiger partial charge on any atom is 0.306 e. The van der Waals surface area contributed by atoms with E-state index in [-0.39, 0.29) is 11.8 Å². The van der Waals surface area contributed by atoms with Crippen molar-refractivity contribution in [3.05, 3.63) is 53.4 Å². The summed E-state index contributed by atoms with van der Waals surface area (Å²) in [5, 5.41) is 10.3. The van der Waals surface area contributed by atoms with Gasteiger partial charge >= 0.3 is 5.97 Å². The number of carbonyl (C=O) groups is 1. The Morgan fingerprint density at radius 2 is 1.92 bits per heavy atom. The number of nitrogens with one attached hydrogen (secondary N) is 1. The van der Waals surface area contributed by atoms with Gasteiger partial charge < -0.3 is 15.0 Å². The van der Waals surface area contributed by atoms with Gasteiger partial charge in [0.2, 0.25) is 0 Å². The van der Waals surface area contributed by atoms with Crippen LogP contribution < -0.4 is 4.90 Å². The molecule has 0 amide bonds. The first-order valence-corrected chi connectivity index (χ1v) is 13.2. The highest BCUT2D eigenvalue weighted by molar-refractivity contribution is 6.02. The van der Waals surface area contributed by atoms with Crippen molar-refractivity contribution < 1.29 is 18.7 Å². The first kappa shape index (κ1) is 24.1. The van der Waals surface area contributed by atoms with Crippen LogP contribution in [0.5, 0.6) is 0 Å². The van der Waals surface area contributed by atoms with Crippen LogP contribution in [-0.4, -0.2) is 52.1 Å². The molecule has 0 saturated heterocycles. The molecule has 1 fully saturated rings.